The minimum atomic E-state index is -0.573. The van der Waals surface area contributed by atoms with Crippen LogP contribution in [0.3, 0.4) is 0 Å². The van der Waals surface area contributed by atoms with Crippen molar-refractivity contribution in [3.63, 3.8) is 0 Å². The van der Waals surface area contributed by atoms with Gasteiger partial charge < -0.3 is 4.74 Å². The third kappa shape index (κ3) is 2.89. The van der Waals surface area contributed by atoms with E-state index in [4.69, 9.17) is 4.74 Å². The lowest BCUT2D eigenvalue weighted by molar-refractivity contribution is -0.172. The zero-order valence-electron chi connectivity index (χ0n) is 13.9. The van der Waals surface area contributed by atoms with Crippen LogP contribution >= 0.6 is 0 Å². The fraction of sp³-hybridized carbons (Fsp3) is 0.611. The van der Waals surface area contributed by atoms with Crippen LogP contribution in [0.5, 0.6) is 0 Å². The first-order valence-electron chi connectivity index (χ1n) is 7.18. The van der Waals surface area contributed by atoms with Gasteiger partial charge in [0.05, 0.1) is 12.5 Å². The molecular formula is C18H28O2. The maximum atomic E-state index is 12.7. The van der Waals surface area contributed by atoms with Crippen molar-refractivity contribution >= 4 is 5.97 Å². The number of hydrogen-bond donors (Lipinski definition) is 0. The Bertz CT molecular complexity index is 433. The molecule has 0 aliphatic heterocycles. The van der Waals surface area contributed by atoms with Gasteiger partial charge in [-0.3, -0.25) is 4.79 Å². The van der Waals surface area contributed by atoms with Crippen LogP contribution in [0.2, 0.25) is 0 Å². The Hall–Kier alpha value is -1.31. The van der Waals surface area contributed by atoms with E-state index in [9.17, 15) is 4.79 Å². The molecule has 0 fully saturated rings. The Morgan fingerprint density at radius 3 is 1.75 bits per heavy atom. The monoisotopic (exact) mass is 276 g/mol. The van der Waals surface area contributed by atoms with Crippen molar-refractivity contribution in [3.8, 4) is 0 Å². The average molecular weight is 276 g/mol. The molecule has 0 aliphatic rings. The third-order valence-electron chi connectivity index (χ3n) is 4.41. The molecule has 2 heteroatoms. The Balaban J connectivity index is 3.43. The molecule has 0 aliphatic carbocycles. The Kier molecular flexibility index (Phi) is 4.68. The van der Waals surface area contributed by atoms with Crippen molar-refractivity contribution in [1.29, 1.82) is 0 Å². The van der Waals surface area contributed by atoms with Crippen LogP contribution in [0.15, 0.2) is 30.3 Å². The van der Waals surface area contributed by atoms with Gasteiger partial charge in [-0.2, -0.15) is 0 Å². The number of methoxy groups -OCH3 is 1. The van der Waals surface area contributed by atoms with Crippen molar-refractivity contribution in [3.05, 3.63) is 35.9 Å². The molecule has 0 saturated heterocycles. The Morgan fingerprint density at radius 1 is 0.950 bits per heavy atom. The van der Waals surface area contributed by atoms with Crippen molar-refractivity contribution in [2.24, 2.45) is 16.2 Å². The fourth-order valence-electron chi connectivity index (χ4n) is 3.42. The lowest BCUT2D eigenvalue weighted by atomic mass is 9.52. The number of ether oxygens (including phenoxy) is 1. The summed E-state index contributed by atoms with van der Waals surface area (Å²) in [5.41, 5.74) is 0.195. The molecule has 0 saturated carbocycles. The molecule has 2 nitrogen and oxygen atoms in total. The molecule has 0 radical (unpaired) electrons. The summed E-state index contributed by atoms with van der Waals surface area (Å²) in [6, 6.07) is 10.2. The first-order valence-corrected chi connectivity index (χ1v) is 7.18. The first-order chi connectivity index (χ1) is 9.06. The van der Waals surface area contributed by atoms with Crippen LogP contribution in [0.4, 0.5) is 0 Å². The molecule has 1 aromatic carbocycles. The van der Waals surface area contributed by atoms with E-state index >= 15 is 0 Å². The molecule has 0 aromatic heterocycles. The van der Waals surface area contributed by atoms with Gasteiger partial charge in [-0.05, 0) is 22.8 Å². The van der Waals surface area contributed by atoms with Crippen LogP contribution in [0.1, 0.15) is 47.1 Å². The highest BCUT2D eigenvalue weighted by Gasteiger charge is 2.56. The predicted octanol–water partition coefficient (Wildman–Crippen LogP) is 4.48. The zero-order chi connectivity index (χ0) is 15.6. The maximum absolute atomic E-state index is 12.7. The van der Waals surface area contributed by atoms with Crippen LogP contribution in [0.25, 0.3) is 0 Å². The smallest absolute Gasteiger partial charge is 0.313 e. The van der Waals surface area contributed by atoms with Gasteiger partial charge in [0, 0.05) is 0 Å². The maximum Gasteiger partial charge on any atom is 0.313 e. The Morgan fingerprint density at radius 2 is 1.40 bits per heavy atom. The zero-order valence-corrected chi connectivity index (χ0v) is 13.9. The second kappa shape index (κ2) is 5.59. The first kappa shape index (κ1) is 16.7. The van der Waals surface area contributed by atoms with Crippen molar-refractivity contribution < 1.29 is 9.53 Å². The quantitative estimate of drug-likeness (QED) is 0.761. The highest BCUT2D eigenvalue weighted by Crippen LogP contribution is 2.54. The second-order valence-electron chi connectivity index (χ2n) is 7.56. The normalized spacial score (nSPS) is 13.2. The molecule has 0 amide bonds. The summed E-state index contributed by atoms with van der Waals surface area (Å²) in [4.78, 5) is 12.7. The van der Waals surface area contributed by atoms with Crippen LogP contribution < -0.4 is 0 Å². The van der Waals surface area contributed by atoms with Gasteiger partial charge in [-0.15, -0.1) is 0 Å². The number of carbonyl (C=O) groups is 1. The highest BCUT2D eigenvalue weighted by atomic mass is 16.5. The van der Waals surface area contributed by atoms with Gasteiger partial charge in [0.1, 0.15) is 0 Å². The van der Waals surface area contributed by atoms with Gasteiger partial charge in [0.15, 0.2) is 0 Å². The summed E-state index contributed by atoms with van der Waals surface area (Å²) < 4.78 is 5.20. The van der Waals surface area contributed by atoms with Crippen molar-refractivity contribution in [2.75, 3.05) is 7.11 Å². The number of esters is 1. The molecule has 1 aromatic rings. The molecule has 0 unspecified atom stereocenters. The summed E-state index contributed by atoms with van der Waals surface area (Å²) in [6.45, 7) is 12.7. The van der Waals surface area contributed by atoms with E-state index < -0.39 is 5.41 Å². The van der Waals surface area contributed by atoms with E-state index in [-0.39, 0.29) is 16.8 Å². The summed E-state index contributed by atoms with van der Waals surface area (Å²) in [5.74, 6) is -0.124. The van der Waals surface area contributed by atoms with E-state index in [1.54, 1.807) is 0 Å². The van der Waals surface area contributed by atoms with Gasteiger partial charge >= 0.3 is 5.97 Å². The standard InChI is InChI=1S/C18H28O2/c1-16(2,3)18(15(19)20-7,17(4,5)6)13-14-11-9-8-10-12-14/h8-12H,13H2,1-7H3. The molecule has 0 atom stereocenters. The molecule has 20 heavy (non-hydrogen) atoms. The lowest BCUT2D eigenvalue weighted by Gasteiger charge is -2.51. The Labute approximate surface area is 123 Å². The summed E-state index contributed by atoms with van der Waals surface area (Å²) in [6.07, 6.45) is 0.688. The van der Waals surface area contributed by atoms with Crippen molar-refractivity contribution in [1.82, 2.24) is 0 Å². The van der Waals surface area contributed by atoms with Crippen LogP contribution in [-0.4, -0.2) is 13.1 Å². The second-order valence-corrected chi connectivity index (χ2v) is 7.56. The summed E-state index contributed by atoms with van der Waals surface area (Å²) >= 11 is 0. The topological polar surface area (TPSA) is 26.3 Å². The predicted molar refractivity (Wildman–Crippen MR) is 83.5 cm³/mol. The fourth-order valence-corrected chi connectivity index (χ4v) is 3.42. The summed E-state index contributed by atoms with van der Waals surface area (Å²) in [7, 11) is 1.49. The van der Waals surface area contributed by atoms with Crippen molar-refractivity contribution in [2.45, 2.75) is 48.0 Å². The number of hydrogen-bond acceptors (Lipinski definition) is 2. The molecule has 1 rings (SSSR count). The summed E-state index contributed by atoms with van der Waals surface area (Å²) in [5, 5.41) is 0. The van der Waals surface area contributed by atoms with Crippen LogP contribution in [-0.2, 0) is 16.0 Å². The van der Waals surface area contributed by atoms with Gasteiger partial charge in [0.25, 0.3) is 0 Å². The number of benzene rings is 1. The number of carbonyl (C=O) groups excluding carboxylic acids is 1. The van der Waals surface area contributed by atoms with E-state index in [0.29, 0.717) is 6.42 Å². The molecule has 0 spiro atoms. The minimum absolute atomic E-state index is 0.124. The van der Waals surface area contributed by atoms with E-state index in [0.717, 1.165) is 0 Å². The third-order valence-corrected chi connectivity index (χ3v) is 4.41. The minimum Gasteiger partial charge on any atom is -0.469 e. The molecule has 112 valence electrons. The average Bonchev–Trinajstić information content (AvgIpc) is 2.33. The number of rotatable bonds is 3. The lowest BCUT2D eigenvalue weighted by Crippen LogP contribution is -2.54. The van der Waals surface area contributed by atoms with Gasteiger partial charge in [-0.1, -0.05) is 71.9 Å². The van der Waals surface area contributed by atoms with E-state index in [2.05, 4.69) is 53.7 Å². The van der Waals surface area contributed by atoms with E-state index in [1.807, 2.05) is 18.2 Å². The molecule has 0 heterocycles. The molecule has 0 bridgehead atoms. The van der Waals surface area contributed by atoms with Gasteiger partial charge in [-0.25, -0.2) is 0 Å². The van der Waals surface area contributed by atoms with Crippen LogP contribution in [0, 0.1) is 16.2 Å². The molecular weight excluding hydrogens is 248 g/mol. The van der Waals surface area contributed by atoms with E-state index in [1.165, 1.54) is 12.7 Å². The SMILES string of the molecule is COC(=O)C(Cc1ccccc1)(C(C)(C)C)C(C)(C)C. The van der Waals surface area contributed by atoms with Gasteiger partial charge in [0.2, 0.25) is 0 Å². The largest absolute Gasteiger partial charge is 0.469 e. The molecule has 0 N–H and O–H groups in total. The highest BCUT2D eigenvalue weighted by molar-refractivity contribution is 5.79.